The Labute approximate surface area is 150 Å². The van der Waals surface area contributed by atoms with Gasteiger partial charge < -0.3 is 24.8 Å². The average molecular weight is 363 g/mol. The number of ether oxygens (including phenoxy) is 3. The van der Waals surface area contributed by atoms with E-state index in [1.54, 1.807) is 14.2 Å². The zero-order chi connectivity index (χ0) is 17.6. The van der Waals surface area contributed by atoms with Crippen LogP contribution in [-0.4, -0.2) is 50.9 Å². The molecule has 1 aromatic heterocycles. The van der Waals surface area contributed by atoms with Crippen molar-refractivity contribution in [3.63, 3.8) is 0 Å². The van der Waals surface area contributed by atoms with Gasteiger partial charge in [0, 0.05) is 30.0 Å². The van der Waals surface area contributed by atoms with E-state index in [0.717, 1.165) is 17.8 Å². The van der Waals surface area contributed by atoms with Crippen molar-refractivity contribution in [3.8, 4) is 22.8 Å². The van der Waals surface area contributed by atoms with Crippen LogP contribution in [0, 0.1) is 0 Å². The predicted octanol–water partition coefficient (Wildman–Crippen LogP) is 2.14. The molecule has 1 aliphatic rings. The first-order chi connectivity index (χ1) is 12.2. The lowest BCUT2D eigenvalue weighted by Gasteiger charge is -2.22. The Bertz CT molecular complexity index is 728. The number of methoxy groups -OCH3 is 2. The van der Waals surface area contributed by atoms with Crippen LogP contribution in [0.1, 0.15) is 6.42 Å². The fraction of sp³-hybridized carbons (Fsp3) is 0.412. The van der Waals surface area contributed by atoms with Crippen molar-refractivity contribution in [1.29, 1.82) is 0 Å². The Morgan fingerprint density at radius 3 is 2.96 bits per heavy atom. The van der Waals surface area contributed by atoms with E-state index < -0.39 is 0 Å². The molecule has 0 spiro atoms. The highest BCUT2D eigenvalue weighted by Gasteiger charge is 2.18. The van der Waals surface area contributed by atoms with Crippen molar-refractivity contribution >= 4 is 22.4 Å². The number of hydrogen-bond acceptors (Lipinski definition) is 7. The second-order valence-corrected chi connectivity index (χ2v) is 6.44. The molecule has 0 saturated carbocycles. The molecule has 0 radical (unpaired) electrons. The quantitative estimate of drug-likeness (QED) is 0.818. The summed E-state index contributed by atoms with van der Waals surface area (Å²) in [5.41, 5.74) is 1.68. The first-order valence-electron chi connectivity index (χ1n) is 7.98. The van der Waals surface area contributed by atoms with E-state index in [9.17, 15) is 4.79 Å². The third-order valence-electron chi connectivity index (χ3n) is 3.86. The van der Waals surface area contributed by atoms with Gasteiger partial charge in [-0.2, -0.15) is 0 Å². The van der Waals surface area contributed by atoms with Crippen molar-refractivity contribution in [1.82, 2.24) is 10.3 Å². The van der Waals surface area contributed by atoms with Crippen LogP contribution in [0.15, 0.2) is 23.6 Å². The van der Waals surface area contributed by atoms with Gasteiger partial charge in [-0.05, 0) is 18.2 Å². The van der Waals surface area contributed by atoms with Gasteiger partial charge in [-0.1, -0.05) is 0 Å². The number of amides is 1. The highest BCUT2D eigenvalue weighted by Crippen LogP contribution is 2.33. The molecule has 134 valence electrons. The van der Waals surface area contributed by atoms with Crippen molar-refractivity contribution in [2.24, 2.45) is 0 Å². The molecule has 1 aliphatic heterocycles. The molecule has 1 aromatic carbocycles. The van der Waals surface area contributed by atoms with Crippen LogP contribution in [0.3, 0.4) is 0 Å². The largest absolute Gasteiger partial charge is 0.493 e. The smallest absolute Gasteiger partial charge is 0.227 e. The van der Waals surface area contributed by atoms with E-state index in [-0.39, 0.29) is 11.9 Å². The van der Waals surface area contributed by atoms with Gasteiger partial charge in [0.15, 0.2) is 16.6 Å². The lowest BCUT2D eigenvalue weighted by atomic mass is 10.1. The van der Waals surface area contributed by atoms with E-state index in [2.05, 4.69) is 15.6 Å². The molecule has 1 atom stereocenters. The maximum Gasteiger partial charge on any atom is 0.227 e. The molecule has 2 heterocycles. The molecule has 25 heavy (non-hydrogen) atoms. The lowest BCUT2D eigenvalue weighted by molar-refractivity contribution is -0.117. The summed E-state index contributed by atoms with van der Waals surface area (Å²) in [7, 11) is 3.19. The highest BCUT2D eigenvalue weighted by atomic mass is 32.1. The number of carbonyl (C=O) groups is 1. The fourth-order valence-corrected chi connectivity index (χ4v) is 3.34. The zero-order valence-corrected chi connectivity index (χ0v) is 15.0. The molecule has 1 amide bonds. The Hall–Kier alpha value is -2.16. The Morgan fingerprint density at radius 2 is 2.24 bits per heavy atom. The fourth-order valence-electron chi connectivity index (χ4n) is 2.60. The first-order valence-corrected chi connectivity index (χ1v) is 8.86. The number of thiazole rings is 1. The summed E-state index contributed by atoms with van der Waals surface area (Å²) in [4.78, 5) is 16.6. The molecule has 3 rings (SSSR count). The number of nitrogens with one attached hydrogen (secondary N) is 2. The summed E-state index contributed by atoms with van der Waals surface area (Å²) < 4.78 is 15.9. The van der Waals surface area contributed by atoms with Crippen LogP contribution in [-0.2, 0) is 9.53 Å². The van der Waals surface area contributed by atoms with E-state index >= 15 is 0 Å². The molecule has 1 unspecified atom stereocenters. The Morgan fingerprint density at radius 1 is 1.40 bits per heavy atom. The van der Waals surface area contributed by atoms with Gasteiger partial charge >= 0.3 is 0 Å². The van der Waals surface area contributed by atoms with E-state index in [1.807, 2.05) is 23.6 Å². The number of aromatic nitrogens is 1. The summed E-state index contributed by atoms with van der Waals surface area (Å²) >= 11 is 1.39. The lowest BCUT2D eigenvalue weighted by Crippen LogP contribution is -2.43. The van der Waals surface area contributed by atoms with Crippen molar-refractivity contribution < 1.29 is 19.0 Å². The van der Waals surface area contributed by atoms with Crippen LogP contribution in [0.2, 0.25) is 0 Å². The van der Waals surface area contributed by atoms with Crippen LogP contribution in [0.25, 0.3) is 11.3 Å². The predicted molar refractivity (Wildman–Crippen MR) is 96.5 cm³/mol. The summed E-state index contributed by atoms with van der Waals surface area (Å²) in [6.45, 7) is 2.03. The van der Waals surface area contributed by atoms with Crippen molar-refractivity contribution in [2.45, 2.75) is 12.5 Å². The standard InChI is InChI=1S/C17H21N3O4S/c1-22-14-4-3-11(7-15(14)23-2)13-10-25-17(19-13)20-16(21)8-12-9-24-6-5-18-12/h3-4,7,10,12,18H,5-6,8-9H2,1-2H3,(H,19,20,21). The number of hydrogen-bond donors (Lipinski definition) is 2. The molecule has 2 aromatic rings. The van der Waals surface area contributed by atoms with Crippen LogP contribution >= 0.6 is 11.3 Å². The molecule has 0 bridgehead atoms. The zero-order valence-electron chi connectivity index (χ0n) is 14.2. The monoisotopic (exact) mass is 363 g/mol. The summed E-state index contributed by atoms with van der Waals surface area (Å²) in [5, 5.41) is 8.59. The minimum Gasteiger partial charge on any atom is -0.493 e. The van der Waals surface area contributed by atoms with Crippen LogP contribution < -0.4 is 20.1 Å². The molecule has 1 fully saturated rings. The summed E-state index contributed by atoms with van der Waals surface area (Å²) in [6.07, 6.45) is 0.366. The molecular formula is C17H21N3O4S. The van der Waals surface area contributed by atoms with Crippen molar-refractivity contribution in [3.05, 3.63) is 23.6 Å². The Kier molecular flexibility index (Phi) is 5.85. The minimum absolute atomic E-state index is 0.0547. The maximum absolute atomic E-state index is 12.1. The second-order valence-electron chi connectivity index (χ2n) is 5.59. The summed E-state index contributed by atoms with van der Waals surface area (Å²) in [5.74, 6) is 1.23. The molecule has 2 N–H and O–H groups in total. The molecule has 0 aliphatic carbocycles. The molecule has 8 heteroatoms. The molecular weight excluding hydrogens is 342 g/mol. The minimum atomic E-state index is -0.0730. The third-order valence-corrected chi connectivity index (χ3v) is 4.62. The highest BCUT2D eigenvalue weighted by molar-refractivity contribution is 7.14. The number of carbonyl (C=O) groups excluding carboxylic acids is 1. The number of rotatable bonds is 6. The van der Waals surface area contributed by atoms with E-state index in [4.69, 9.17) is 14.2 Å². The SMILES string of the molecule is COc1ccc(-c2csc(NC(=O)CC3COCCN3)n2)cc1OC. The number of nitrogens with zero attached hydrogens (tertiary/aromatic N) is 1. The van der Waals surface area contributed by atoms with Gasteiger partial charge in [0.25, 0.3) is 0 Å². The number of benzene rings is 1. The number of morpholine rings is 1. The van der Waals surface area contributed by atoms with Gasteiger partial charge in [0.2, 0.25) is 5.91 Å². The Balaban J connectivity index is 1.64. The third kappa shape index (κ3) is 4.47. The van der Waals surface area contributed by atoms with Gasteiger partial charge in [-0.15, -0.1) is 11.3 Å². The topological polar surface area (TPSA) is 81.7 Å². The van der Waals surface area contributed by atoms with Gasteiger partial charge in [0.1, 0.15) is 0 Å². The molecule has 1 saturated heterocycles. The van der Waals surface area contributed by atoms with Crippen LogP contribution in [0.4, 0.5) is 5.13 Å². The second kappa shape index (κ2) is 8.28. The maximum atomic E-state index is 12.1. The summed E-state index contributed by atoms with van der Waals surface area (Å²) in [6, 6.07) is 5.66. The van der Waals surface area contributed by atoms with Crippen LogP contribution in [0.5, 0.6) is 11.5 Å². The molecule has 7 nitrogen and oxygen atoms in total. The van der Waals surface area contributed by atoms with E-state index in [0.29, 0.717) is 36.3 Å². The first kappa shape index (κ1) is 17.7. The van der Waals surface area contributed by atoms with Crippen molar-refractivity contribution in [2.75, 3.05) is 39.3 Å². The van der Waals surface area contributed by atoms with Gasteiger partial charge in [-0.3, -0.25) is 4.79 Å². The van der Waals surface area contributed by atoms with Gasteiger partial charge in [-0.25, -0.2) is 4.98 Å². The number of anilines is 1. The van der Waals surface area contributed by atoms with Gasteiger partial charge in [0.05, 0.1) is 33.1 Å². The average Bonchev–Trinajstić information content (AvgIpc) is 3.10. The van der Waals surface area contributed by atoms with E-state index in [1.165, 1.54) is 11.3 Å². The normalized spacial score (nSPS) is 17.1.